The summed E-state index contributed by atoms with van der Waals surface area (Å²) >= 11 is 10.0. The molecule has 0 saturated carbocycles. The van der Waals surface area contributed by atoms with Crippen LogP contribution in [0.4, 0.5) is 0 Å². The highest BCUT2D eigenvalue weighted by molar-refractivity contribution is 8.20. The normalized spacial score (nSPS) is 19.7. The number of hydrogen-bond acceptors (Lipinski definition) is 4. The van der Waals surface area contributed by atoms with E-state index in [4.69, 9.17) is 11.6 Å². The zero-order valence-corrected chi connectivity index (χ0v) is 13.5. The van der Waals surface area contributed by atoms with Crippen LogP contribution < -0.4 is 0 Å². The summed E-state index contributed by atoms with van der Waals surface area (Å²) in [5.74, 6) is 2.55. The van der Waals surface area contributed by atoms with E-state index in [0.29, 0.717) is 16.7 Å². The molecule has 0 aliphatic carbocycles. The summed E-state index contributed by atoms with van der Waals surface area (Å²) < 4.78 is -0.210. The van der Waals surface area contributed by atoms with Crippen molar-refractivity contribution >= 4 is 40.8 Å². The number of thioether (sulfide) groups is 2. The molecule has 0 aromatic heterocycles. The van der Waals surface area contributed by atoms with E-state index in [0.717, 1.165) is 17.1 Å². The van der Waals surface area contributed by atoms with Crippen molar-refractivity contribution in [1.82, 2.24) is 0 Å². The highest BCUT2D eigenvalue weighted by Crippen LogP contribution is 2.50. The van der Waals surface area contributed by atoms with Gasteiger partial charge in [0.1, 0.15) is 9.79 Å². The van der Waals surface area contributed by atoms with Gasteiger partial charge in [0.05, 0.1) is 0 Å². The lowest BCUT2D eigenvalue weighted by Gasteiger charge is -2.40. The number of nitrogens with zero attached hydrogens (tertiary/aromatic N) is 1. The Morgan fingerprint density at radius 3 is 2.47 bits per heavy atom. The third kappa shape index (κ3) is 2.91. The molecule has 0 atom stereocenters. The van der Waals surface area contributed by atoms with Gasteiger partial charge in [-0.15, -0.1) is 23.5 Å². The van der Waals surface area contributed by atoms with Crippen LogP contribution in [0.2, 0.25) is 5.02 Å². The smallest absolute Gasteiger partial charge is 0.115 e. The summed E-state index contributed by atoms with van der Waals surface area (Å²) in [5, 5.41) is 13.8. The molecule has 19 heavy (non-hydrogen) atoms. The van der Waals surface area contributed by atoms with E-state index >= 15 is 0 Å². The van der Waals surface area contributed by atoms with Gasteiger partial charge in [0.2, 0.25) is 0 Å². The van der Waals surface area contributed by atoms with Crippen LogP contribution in [0.25, 0.3) is 0 Å². The van der Waals surface area contributed by atoms with Crippen LogP contribution in [0.5, 0.6) is 0 Å². The minimum Gasteiger partial charge on any atom is -0.411 e. The summed E-state index contributed by atoms with van der Waals surface area (Å²) in [6.45, 7) is 4.35. The van der Waals surface area contributed by atoms with Gasteiger partial charge in [-0.2, -0.15) is 0 Å². The molecule has 1 aromatic rings. The van der Waals surface area contributed by atoms with Crippen molar-refractivity contribution in [2.45, 2.75) is 24.3 Å². The molecule has 0 amide bonds. The number of halogens is 1. The second-order valence-electron chi connectivity index (χ2n) is 4.80. The Hall–Kier alpha value is -0.320. The summed E-state index contributed by atoms with van der Waals surface area (Å²) in [7, 11) is 0. The minimum absolute atomic E-state index is 0.210. The van der Waals surface area contributed by atoms with E-state index in [1.807, 2.05) is 47.8 Å². The molecule has 0 bridgehead atoms. The molecule has 1 heterocycles. The van der Waals surface area contributed by atoms with Gasteiger partial charge in [0.25, 0.3) is 0 Å². The molecule has 1 aliphatic heterocycles. The van der Waals surface area contributed by atoms with E-state index in [1.165, 1.54) is 6.42 Å². The van der Waals surface area contributed by atoms with Crippen molar-refractivity contribution in [2.75, 3.05) is 11.5 Å². The van der Waals surface area contributed by atoms with Gasteiger partial charge >= 0.3 is 0 Å². The summed E-state index contributed by atoms with van der Waals surface area (Å²) in [6, 6.07) is 7.59. The predicted molar refractivity (Wildman–Crippen MR) is 86.9 cm³/mol. The van der Waals surface area contributed by atoms with E-state index in [1.54, 1.807) is 0 Å². The molecule has 2 rings (SSSR count). The Morgan fingerprint density at radius 2 is 1.95 bits per heavy atom. The van der Waals surface area contributed by atoms with Crippen LogP contribution >= 0.6 is 35.1 Å². The minimum atomic E-state index is -0.210. The lowest BCUT2D eigenvalue weighted by molar-refractivity contribution is 0.316. The number of hydrogen-bond donors (Lipinski definition) is 1. The van der Waals surface area contributed by atoms with Gasteiger partial charge in [0, 0.05) is 10.6 Å². The highest BCUT2D eigenvalue weighted by atomic mass is 35.5. The van der Waals surface area contributed by atoms with Crippen LogP contribution in [0.15, 0.2) is 29.4 Å². The molecule has 0 spiro atoms. The molecule has 5 heteroatoms. The molecule has 0 radical (unpaired) electrons. The summed E-state index contributed by atoms with van der Waals surface area (Å²) in [5.41, 5.74) is 1.53. The summed E-state index contributed by atoms with van der Waals surface area (Å²) in [4.78, 5) is 0. The molecule has 1 fully saturated rings. The van der Waals surface area contributed by atoms with Crippen molar-refractivity contribution in [2.24, 2.45) is 11.1 Å². The second-order valence-corrected chi connectivity index (χ2v) is 8.15. The average Bonchev–Trinajstić information content (AvgIpc) is 2.42. The second kappa shape index (κ2) is 6.42. The monoisotopic (exact) mass is 315 g/mol. The molecular weight excluding hydrogens is 298 g/mol. The van der Waals surface area contributed by atoms with Crippen LogP contribution in [0, 0.1) is 5.92 Å². The van der Waals surface area contributed by atoms with E-state index < -0.39 is 0 Å². The topological polar surface area (TPSA) is 32.6 Å². The number of benzene rings is 1. The molecule has 1 N–H and O–H groups in total. The van der Waals surface area contributed by atoms with Crippen LogP contribution in [-0.2, 0) is 0 Å². The van der Waals surface area contributed by atoms with Crippen molar-refractivity contribution in [1.29, 1.82) is 0 Å². The molecule has 1 aromatic carbocycles. The van der Waals surface area contributed by atoms with Crippen LogP contribution in [0.1, 0.15) is 25.8 Å². The van der Waals surface area contributed by atoms with Crippen LogP contribution in [0.3, 0.4) is 0 Å². The maximum Gasteiger partial charge on any atom is 0.115 e. The van der Waals surface area contributed by atoms with Crippen molar-refractivity contribution < 1.29 is 5.21 Å². The first-order valence-corrected chi connectivity index (χ1v) is 8.72. The first-order chi connectivity index (χ1) is 9.12. The average molecular weight is 316 g/mol. The maximum absolute atomic E-state index is 9.57. The van der Waals surface area contributed by atoms with Gasteiger partial charge < -0.3 is 5.21 Å². The van der Waals surface area contributed by atoms with Crippen molar-refractivity contribution in [3.05, 3.63) is 34.9 Å². The van der Waals surface area contributed by atoms with Gasteiger partial charge in [-0.3, -0.25) is 0 Å². The highest BCUT2D eigenvalue weighted by Gasteiger charge is 2.43. The maximum atomic E-state index is 9.57. The molecule has 1 aliphatic rings. The molecule has 0 unspecified atom stereocenters. The first-order valence-electron chi connectivity index (χ1n) is 6.37. The van der Waals surface area contributed by atoms with E-state index in [-0.39, 0.29) is 4.08 Å². The molecular formula is C14H18ClNOS2. The summed E-state index contributed by atoms with van der Waals surface area (Å²) in [6.07, 6.45) is 1.20. The third-order valence-electron chi connectivity index (χ3n) is 3.24. The SMILES string of the molecule is CC(C)C1(/C(=N/O)c2ccccc2Cl)SCCCS1. The first kappa shape index (κ1) is 15.1. The molecule has 1 saturated heterocycles. The fourth-order valence-electron chi connectivity index (χ4n) is 2.26. The zero-order chi connectivity index (χ0) is 13.9. The van der Waals surface area contributed by atoms with Crippen molar-refractivity contribution in [3.8, 4) is 0 Å². The Balaban J connectivity index is 2.48. The largest absolute Gasteiger partial charge is 0.411 e. The molecule has 104 valence electrons. The van der Waals surface area contributed by atoms with Crippen molar-refractivity contribution in [3.63, 3.8) is 0 Å². The third-order valence-corrected chi connectivity index (χ3v) is 7.45. The molecule has 2 nitrogen and oxygen atoms in total. The number of rotatable bonds is 3. The van der Waals surface area contributed by atoms with Crippen LogP contribution in [-0.4, -0.2) is 26.5 Å². The fourth-order valence-corrected chi connectivity index (χ4v) is 5.92. The Morgan fingerprint density at radius 1 is 1.32 bits per heavy atom. The Kier molecular flexibility index (Phi) is 5.09. The van der Waals surface area contributed by atoms with Gasteiger partial charge in [-0.05, 0) is 29.9 Å². The van der Waals surface area contributed by atoms with Gasteiger partial charge in [-0.1, -0.05) is 48.8 Å². The Bertz CT molecular complexity index is 470. The fraction of sp³-hybridized carbons (Fsp3) is 0.500. The van der Waals surface area contributed by atoms with E-state index in [9.17, 15) is 5.21 Å². The van der Waals surface area contributed by atoms with Gasteiger partial charge in [0.15, 0.2) is 0 Å². The lowest BCUT2D eigenvalue weighted by atomic mass is 9.98. The predicted octanol–water partition coefficient (Wildman–Crippen LogP) is 4.74. The Labute approximate surface area is 128 Å². The lowest BCUT2D eigenvalue weighted by Crippen LogP contribution is -2.40. The standard InChI is InChI=1S/C14H18ClNOS2/c1-10(2)14(18-8-5-9-19-14)13(16-17)11-6-3-4-7-12(11)15/h3-4,6-7,10,17H,5,8-9H2,1-2H3/b16-13+. The quantitative estimate of drug-likeness (QED) is 0.497. The zero-order valence-electron chi connectivity index (χ0n) is 11.1. The van der Waals surface area contributed by atoms with Gasteiger partial charge in [-0.25, -0.2) is 0 Å². The van der Waals surface area contributed by atoms with E-state index in [2.05, 4.69) is 19.0 Å². The number of oxime groups is 1.